The number of ether oxygens (including phenoxy) is 1. The summed E-state index contributed by atoms with van der Waals surface area (Å²) < 4.78 is 4.76. The first-order valence-corrected chi connectivity index (χ1v) is 6.00. The van der Waals surface area contributed by atoms with Gasteiger partial charge in [-0.15, -0.1) is 0 Å². The van der Waals surface area contributed by atoms with Crippen molar-refractivity contribution in [1.29, 1.82) is 0 Å². The van der Waals surface area contributed by atoms with Gasteiger partial charge in [-0.25, -0.2) is 4.79 Å². The zero-order chi connectivity index (χ0) is 13.0. The lowest BCUT2D eigenvalue weighted by Gasteiger charge is -2.19. The third kappa shape index (κ3) is 3.87. The standard InChI is InChI=1S/C12H15Cl2NO2/c1-7(2)15-11(12(16)17-3)8-4-5-9(13)10(14)6-8/h4-7,11,15H,1-3H3. The van der Waals surface area contributed by atoms with E-state index in [-0.39, 0.29) is 12.0 Å². The number of carbonyl (C=O) groups is 1. The second-order valence-electron chi connectivity index (χ2n) is 3.95. The Bertz CT molecular complexity index is 407. The molecule has 0 amide bonds. The number of nitrogens with one attached hydrogen (secondary N) is 1. The minimum atomic E-state index is -0.533. The van der Waals surface area contributed by atoms with Crippen LogP contribution in [0, 0.1) is 0 Å². The van der Waals surface area contributed by atoms with Crippen LogP contribution < -0.4 is 5.32 Å². The van der Waals surface area contributed by atoms with Crippen molar-refractivity contribution in [3.05, 3.63) is 33.8 Å². The molecule has 0 bridgehead atoms. The van der Waals surface area contributed by atoms with Gasteiger partial charge in [-0.1, -0.05) is 29.3 Å². The zero-order valence-corrected chi connectivity index (χ0v) is 11.5. The van der Waals surface area contributed by atoms with Gasteiger partial charge >= 0.3 is 5.97 Å². The molecule has 1 rings (SSSR count). The van der Waals surface area contributed by atoms with Crippen LogP contribution in [0.15, 0.2) is 18.2 Å². The van der Waals surface area contributed by atoms with Crippen molar-refractivity contribution < 1.29 is 9.53 Å². The summed E-state index contributed by atoms with van der Waals surface area (Å²) in [4.78, 5) is 11.7. The van der Waals surface area contributed by atoms with Crippen LogP contribution in [0.4, 0.5) is 0 Å². The first-order valence-electron chi connectivity index (χ1n) is 5.24. The molecular weight excluding hydrogens is 261 g/mol. The third-order valence-electron chi connectivity index (χ3n) is 2.21. The van der Waals surface area contributed by atoms with Crippen molar-refractivity contribution >= 4 is 29.2 Å². The fraction of sp³-hybridized carbons (Fsp3) is 0.417. The number of hydrogen-bond donors (Lipinski definition) is 1. The molecule has 0 aliphatic heterocycles. The Morgan fingerprint density at radius 3 is 2.41 bits per heavy atom. The molecule has 0 aliphatic carbocycles. The maximum Gasteiger partial charge on any atom is 0.327 e. The predicted molar refractivity (Wildman–Crippen MR) is 69.5 cm³/mol. The van der Waals surface area contributed by atoms with Gasteiger partial charge in [-0.05, 0) is 31.5 Å². The van der Waals surface area contributed by atoms with Gasteiger partial charge < -0.3 is 4.74 Å². The van der Waals surface area contributed by atoms with E-state index in [9.17, 15) is 4.79 Å². The summed E-state index contributed by atoms with van der Waals surface area (Å²) >= 11 is 11.8. The minimum Gasteiger partial charge on any atom is -0.468 e. The zero-order valence-electron chi connectivity index (χ0n) is 9.96. The molecule has 0 aliphatic rings. The van der Waals surface area contributed by atoms with Crippen LogP contribution in [0.1, 0.15) is 25.5 Å². The van der Waals surface area contributed by atoms with Crippen molar-refractivity contribution in [2.45, 2.75) is 25.9 Å². The lowest BCUT2D eigenvalue weighted by Crippen LogP contribution is -2.34. The Hall–Kier alpha value is -0.770. The molecule has 1 aromatic carbocycles. The van der Waals surface area contributed by atoms with Gasteiger partial charge in [-0.3, -0.25) is 5.32 Å². The molecule has 0 spiro atoms. The normalized spacial score (nSPS) is 12.6. The van der Waals surface area contributed by atoms with Gasteiger partial charge in [0.15, 0.2) is 0 Å². The quantitative estimate of drug-likeness (QED) is 0.858. The number of carbonyl (C=O) groups excluding carboxylic acids is 1. The van der Waals surface area contributed by atoms with Crippen LogP contribution in [0.2, 0.25) is 10.0 Å². The van der Waals surface area contributed by atoms with Crippen LogP contribution in [0.25, 0.3) is 0 Å². The summed E-state index contributed by atoms with van der Waals surface area (Å²) in [5.74, 6) is -0.350. The number of rotatable bonds is 4. The van der Waals surface area contributed by atoms with E-state index in [1.54, 1.807) is 18.2 Å². The summed E-state index contributed by atoms with van der Waals surface area (Å²) in [6.45, 7) is 3.90. The number of halogens is 2. The Kier molecular flexibility index (Phi) is 5.25. The molecule has 94 valence electrons. The van der Waals surface area contributed by atoms with Gasteiger partial charge in [0.05, 0.1) is 17.2 Å². The average molecular weight is 276 g/mol. The topological polar surface area (TPSA) is 38.3 Å². The molecule has 0 aromatic heterocycles. The van der Waals surface area contributed by atoms with E-state index in [0.717, 1.165) is 5.56 Å². The van der Waals surface area contributed by atoms with E-state index in [4.69, 9.17) is 27.9 Å². The van der Waals surface area contributed by atoms with Crippen molar-refractivity contribution in [2.24, 2.45) is 0 Å². The summed E-state index contributed by atoms with van der Waals surface area (Å²) in [7, 11) is 1.36. The van der Waals surface area contributed by atoms with E-state index in [1.807, 2.05) is 13.8 Å². The maximum absolute atomic E-state index is 11.7. The van der Waals surface area contributed by atoms with Gasteiger partial charge in [0.2, 0.25) is 0 Å². The molecule has 0 heterocycles. The molecule has 1 unspecified atom stereocenters. The highest BCUT2D eigenvalue weighted by Crippen LogP contribution is 2.26. The van der Waals surface area contributed by atoms with Gasteiger partial charge in [0.1, 0.15) is 6.04 Å². The number of methoxy groups -OCH3 is 1. The van der Waals surface area contributed by atoms with Crippen LogP contribution in [0.3, 0.4) is 0 Å². The molecule has 17 heavy (non-hydrogen) atoms. The van der Waals surface area contributed by atoms with E-state index in [0.29, 0.717) is 10.0 Å². The lowest BCUT2D eigenvalue weighted by molar-refractivity contribution is -0.143. The highest BCUT2D eigenvalue weighted by atomic mass is 35.5. The fourth-order valence-electron chi connectivity index (χ4n) is 1.44. The van der Waals surface area contributed by atoms with Crippen LogP contribution in [-0.4, -0.2) is 19.1 Å². The highest BCUT2D eigenvalue weighted by Gasteiger charge is 2.22. The molecule has 1 aromatic rings. The second kappa shape index (κ2) is 6.24. The minimum absolute atomic E-state index is 0.147. The van der Waals surface area contributed by atoms with Crippen LogP contribution >= 0.6 is 23.2 Å². The smallest absolute Gasteiger partial charge is 0.327 e. The predicted octanol–water partition coefficient (Wildman–Crippen LogP) is 3.21. The van der Waals surface area contributed by atoms with Crippen LogP contribution in [0.5, 0.6) is 0 Å². The molecule has 5 heteroatoms. The van der Waals surface area contributed by atoms with E-state index in [2.05, 4.69) is 5.32 Å². The summed E-state index contributed by atoms with van der Waals surface area (Å²) in [5.41, 5.74) is 0.736. The summed E-state index contributed by atoms with van der Waals surface area (Å²) in [5, 5.41) is 4.00. The van der Waals surface area contributed by atoms with Gasteiger partial charge in [0.25, 0.3) is 0 Å². The fourth-order valence-corrected chi connectivity index (χ4v) is 1.75. The first-order chi connectivity index (χ1) is 7.95. The third-order valence-corrected chi connectivity index (χ3v) is 2.95. The van der Waals surface area contributed by atoms with Crippen LogP contribution in [-0.2, 0) is 9.53 Å². The molecule has 0 fully saturated rings. The lowest BCUT2D eigenvalue weighted by atomic mass is 10.1. The van der Waals surface area contributed by atoms with Gasteiger partial charge in [-0.2, -0.15) is 0 Å². The van der Waals surface area contributed by atoms with E-state index >= 15 is 0 Å². The summed E-state index contributed by atoms with van der Waals surface area (Å²) in [6.07, 6.45) is 0. The summed E-state index contributed by atoms with van der Waals surface area (Å²) in [6, 6.07) is 4.70. The Morgan fingerprint density at radius 1 is 1.29 bits per heavy atom. The Morgan fingerprint density at radius 2 is 1.94 bits per heavy atom. The van der Waals surface area contributed by atoms with Crippen molar-refractivity contribution in [1.82, 2.24) is 5.32 Å². The van der Waals surface area contributed by atoms with Crippen molar-refractivity contribution in [3.8, 4) is 0 Å². The second-order valence-corrected chi connectivity index (χ2v) is 4.77. The Balaban J connectivity index is 3.03. The number of esters is 1. The molecular formula is C12H15Cl2NO2. The van der Waals surface area contributed by atoms with E-state index < -0.39 is 6.04 Å². The molecule has 1 N–H and O–H groups in total. The molecule has 0 saturated heterocycles. The monoisotopic (exact) mass is 275 g/mol. The Labute approximate surface area is 111 Å². The molecule has 0 radical (unpaired) electrons. The molecule has 0 saturated carbocycles. The first kappa shape index (κ1) is 14.3. The SMILES string of the molecule is COC(=O)C(NC(C)C)c1ccc(Cl)c(Cl)c1. The van der Waals surface area contributed by atoms with Crippen molar-refractivity contribution in [2.75, 3.05) is 7.11 Å². The number of benzene rings is 1. The largest absolute Gasteiger partial charge is 0.468 e. The average Bonchev–Trinajstić information content (AvgIpc) is 2.28. The maximum atomic E-state index is 11.7. The van der Waals surface area contributed by atoms with E-state index in [1.165, 1.54) is 7.11 Å². The molecule has 1 atom stereocenters. The van der Waals surface area contributed by atoms with Crippen molar-refractivity contribution in [3.63, 3.8) is 0 Å². The molecule has 3 nitrogen and oxygen atoms in total. The highest BCUT2D eigenvalue weighted by molar-refractivity contribution is 6.42. The van der Waals surface area contributed by atoms with Gasteiger partial charge in [0, 0.05) is 6.04 Å². The number of hydrogen-bond acceptors (Lipinski definition) is 3.